The molecule has 0 amide bonds. The van der Waals surface area contributed by atoms with Gasteiger partial charge in [-0.3, -0.25) is 0 Å². The summed E-state index contributed by atoms with van der Waals surface area (Å²) in [5, 5.41) is 0. The van der Waals surface area contributed by atoms with E-state index in [2.05, 4.69) is 9.97 Å². The Bertz CT molecular complexity index is 1030. The number of hydrogen-bond acceptors (Lipinski definition) is 8. The lowest BCUT2D eigenvalue weighted by molar-refractivity contribution is -0.164. The number of halogens is 2. The molecular formula is C23H22F2N2O6. The van der Waals surface area contributed by atoms with Crippen molar-refractivity contribution in [3.05, 3.63) is 77.4 Å². The number of aromatic nitrogens is 2. The van der Waals surface area contributed by atoms with Crippen LogP contribution in [-0.4, -0.2) is 50.5 Å². The molecule has 0 bridgehead atoms. The molecule has 33 heavy (non-hydrogen) atoms. The molecule has 1 heterocycles. The Balaban J connectivity index is 2.24. The highest BCUT2D eigenvalue weighted by Crippen LogP contribution is 2.39. The lowest BCUT2D eigenvalue weighted by atomic mass is 9.81. The van der Waals surface area contributed by atoms with Gasteiger partial charge >= 0.3 is 12.0 Å². The Morgan fingerprint density at radius 2 is 1.27 bits per heavy atom. The average molecular weight is 460 g/mol. The molecule has 0 aliphatic rings. The smallest absolute Gasteiger partial charge is 0.351 e. The maximum atomic E-state index is 13.7. The highest BCUT2D eigenvalue weighted by atomic mass is 19.1. The second-order valence-corrected chi connectivity index (χ2v) is 6.71. The van der Waals surface area contributed by atoms with Gasteiger partial charge in [-0.25, -0.2) is 13.6 Å². The van der Waals surface area contributed by atoms with Crippen molar-refractivity contribution >= 4 is 5.97 Å². The number of nitrogens with zero attached hydrogens (tertiary/aromatic N) is 2. The molecule has 0 aliphatic carbocycles. The van der Waals surface area contributed by atoms with Crippen LogP contribution in [0.15, 0.2) is 54.6 Å². The number of methoxy groups -OCH3 is 4. The van der Waals surface area contributed by atoms with Crippen LogP contribution in [0.2, 0.25) is 0 Å². The van der Waals surface area contributed by atoms with E-state index in [9.17, 15) is 13.6 Å². The van der Waals surface area contributed by atoms with Crippen molar-refractivity contribution in [1.82, 2.24) is 9.97 Å². The normalized spacial score (nSPS) is 12.1. The SMILES string of the molecule is COC(=O)C(Oc1nc(OC)cc(OC)n1)C(OC)(c1ccc(F)cc1)c1ccc(F)cc1. The second-order valence-electron chi connectivity index (χ2n) is 6.71. The van der Waals surface area contributed by atoms with Gasteiger partial charge in [0, 0.05) is 7.11 Å². The molecule has 0 fully saturated rings. The lowest BCUT2D eigenvalue weighted by Gasteiger charge is -2.38. The number of benzene rings is 2. The fourth-order valence-corrected chi connectivity index (χ4v) is 3.36. The van der Waals surface area contributed by atoms with Gasteiger partial charge in [0.2, 0.25) is 17.9 Å². The van der Waals surface area contributed by atoms with E-state index in [1.54, 1.807) is 0 Å². The third-order valence-electron chi connectivity index (χ3n) is 4.95. The Labute approximate surface area is 189 Å². The zero-order chi connectivity index (χ0) is 24.0. The minimum absolute atomic E-state index is 0.118. The van der Waals surface area contributed by atoms with Crippen molar-refractivity contribution in [3.63, 3.8) is 0 Å². The third kappa shape index (κ3) is 4.85. The lowest BCUT2D eigenvalue weighted by Crippen LogP contribution is -2.51. The van der Waals surface area contributed by atoms with Gasteiger partial charge in [-0.15, -0.1) is 0 Å². The number of carbonyl (C=O) groups is 1. The monoisotopic (exact) mass is 460 g/mol. The quantitative estimate of drug-likeness (QED) is 0.450. The fraction of sp³-hybridized carbons (Fsp3) is 0.261. The summed E-state index contributed by atoms with van der Waals surface area (Å²) in [6.07, 6.45) is -1.54. The summed E-state index contributed by atoms with van der Waals surface area (Å²) < 4.78 is 54.5. The molecule has 174 valence electrons. The minimum Gasteiger partial charge on any atom is -0.481 e. The molecule has 1 aromatic heterocycles. The summed E-state index contributed by atoms with van der Waals surface area (Å²) in [4.78, 5) is 21.2. The Kier molecular flexibility index (Phi) is 7.39. The van der Waals surface area contributed by atoms with E-state index in [4.69, 9.17) is 23.7 Å². The van der Waals surface area contributed by atoms with Crippen molar-refractivity contribution < 1.29 is 37.3 Å². The molecule has 3 aromatic rings. The van der Waals surface area contributed by atoms with Crippen LogP contribution in [0.3, 0.4) is 0 Å². The van der Waals surface area contributed by atoms with Gasteiger partial charge in [0.25, 0.3) is 0 Å². The summed E-state index contributed by atoms with van der Waals surface area (Å²) in [5.74, 6) is -1.62. The molecule has 0 saturated heterocycles. The van der Waals surface area contributed by atoms with Gasteiger partial charge in [0.05, 0.1) is 27.4 Å². The Morgan fingerprint density at radius 1 is 0.818 bits per heavy atom. The number of ether oxygens (including phenoxy) is 5. The number of rotatable bonds is 9. The van der Waals surface area contributed by atoms with Crippen LogP contribution < -0.4 is 14.2 Å². The highest BCUT2D eigenvalue weighted by molar-refractivity contribution is 5.78. The zero-order valence-electron chi connectivity index (χ0n) is 18.4. The van der Waals surface area contributed by atoms with Crippen LogP contribution >= 0.6 is 0 Å². The first kappa shape index (κ1) is 23.9. The van der Waals surface area contributed by atoms with Gasteiger partial charge in [-0.2, -0.15) is 9.97 Å². The summed E-state index contributed by atoms with van der Waals surface area (Å²) in [6.45, 7) is 0. The Morgan fingerprint density at radius 3 is 1.64 bits per heavy atom. The average Bonchev–Trinajstić information content (AvgIpc) is 2.85. The van der Waals surface area contributed by atoms with Crippen LogP contribution in [0, 0.1) is 11.6 Å². The van der Waals surface area contributed by atoms with E-state index < -0.39 is 29.3 Å². The van der Waals surface area contributed by atoms with Gasteiger partial charge in [0.1, 0.15) is 11.6 Å². The predicted molar refractivity (Wildman–Crippen MR) is 112 cm³/mol. The number of esters is 1. The fourth-order valence-electron chi connectivity index (χ4n) is 3.36. The van der Waals surface area contributed by atoms with Crippen molar-refractivity contribution in [2.45, 2.75) is 11.7 Å². The molecule has 1 atom stereocenters. The maximum absolute atomic E-state index is 13.7. The molecule has 0 aliphatic heterocycles. The van der Waals surface area contributed by atoms with Crippen molar-refractivity contribution in [2.75, 3.05) is 28.4 Å². The van der Waals surface area contributed by atoms with E-state index in [0.717, 1.165) is 0 Å². The molecule has 3 rings (SSSR count). The molecule has 0 spiro atoms. The van der Waals surface area contributed by atoms with E-state index in [-0.39, 0.29) is 17.8 Å². The van der Waals surface area contributed by atoms with Gasteiger partial charge in [-0.1, -0.05) is 24.3 Å². The van der Waals surface area contributed by atoms with Crippen molar-refractivity contribution in [2.24, 2.45) is 0 Å². The van der Waals surface area contributed by atoms with Crippen LogP contribution in [0.5, 0.6) is 17.8 Å². The predicted octanol–water partition coefficient (Wildman–Crippen LogP) is 3.28. The number of hydrogen-bond donors (Lipinski definition) is 0. The summed E-state index contributed by atoms with van der Waals surface area (Å²) in [5.41, 5.74) is -1.03. The maximum Gasteiger partial charge on any atom is 0.351 e. The highest BCUT2D eigenvalue weighted by Gasteiger charge is 2.50. The van der Waals surface area contributed by atoms with Crippen LogP contribution in [-0.2, 0) is 19.9 Å². The summed E-state index contributed by atoms with van der Waals surface area (Å²) in [6, 6.07) is 11.7. The standard InChI is InChI=1S/C23H22F2N2O6/c1-29-18-13-19(30-2)27-22(26-18)33-20(21(28)31-3)23(32-4,14-5-9-16(24)10-6-14)15-7-11-17(25)12-8-15/h5-13,20H,1-4H3. The molecule has 8 nitrogen and oxygen atoms in total. The first-order valence-electron chi connectivity index (χ1n) is 9.66. The molecular weight excluding hydrogens is 438 g/mol. The molecule has 0 saturated carbocycles. The molecule has 0 radical (unpaired) electrons. The molecule has 10 heteroatoms. The van der Waals surface area contributed by atoms with Crippen LogP contribution in [0.25, 0.3) is 0 Å². The van der Waals surface area contributed by atoms with E-state index in [0.29, 0.717) is 11.1 Å². The van der Waals surface area contributed by atoms with Gasteiger partial charge < -0.3 is 23.7 Å². The summed E-state index contributed by atoms with van der Waals surface area (Å²) in [7, 11) is 5.28. The second kappa shape index (κ2) is 10.2. The first-order valence-corrected chi connectivity index (χ1v) is 9.66. The van der Waals surface area contributed by atoms with Gasteiger partial charge in [0.15, 0.2) is 5.60 Å². The first-order chi connectivity index (χ1) is 15.9. The molecule has 1 unspecified atom stereocenters. The van der Waals surface area contributed by atoms with Crippen LogP contribution in [0.4, 0.5) is 8.78 Å². The van der Waals surface area contributed by atoms with Crippen molar-refractivity contribution in [1.29, 1.82) is 0 Å². The largest absolute Gasteiger partial charge is 0.481 e. The molecule has 0 N–H and O–H groups in total. The number of carbonyl (C=O) groups excluding carboxylic acids is 1. The van der Waals surface area contributed by atoms with E-state index >= 15 is 0 Å². The zero-order valence-corrected chi connectivity index (χ0v) is 18.4. The topological polar surface area (TPSA) is 89.0 Å². The van der Waals surface area contributed by atoms with Gasteiger partial charge in [-0.05, 0) is 35.4 Å². The Hall–Kier alpha value is -3.79. The van der Waals surface area contributed by atoms with Crippen LogP contribution in [0.1, 0.15) is 11.1 Å². The van der Waals surface area contributed by atoms with E-state index in [1.807, 2.05) is 0 Å². The third-order valence-corrected chi connectivity index (χ3v) is 4.95. The summed E-state index contributed by atoms with van der Waals surface area (Å²) >= 11 is 0. The van der Waals surface area contributed by atoms with E-state index in [1.165, 1.54) is 83.0 Å². The minimum atomic E-state index is -1.70. The molecule has 2 aromatic carbocycles. The van der Waals surface area contributed by atoms with Crippen molar-refractivity contribution in [3.8, 4) is 17.8 Å².